The summed E-state index contributed by atoms with van der Waals surface area (Å²) < 4.78 is 0. The van der Waals surface area contributed by atoms with Crippen molar-refractivity contribution < 1.29 is 0 Å². The number of nitrogen functional groups attached to an aromatic ring is 1. The lowest BCUT2D eigenvalue weighted by atomic mass is 9.98. The van der Waals surface area contributed by atoms with Crippen molar-refractivity contribution in [1.29, 1.82) is 5.41 Å². The van der Waals surface area contributed by atoms with Crippen LogP contribution in [0.5, 0.6) is 0 Å². The summed E-state index contributed by atoms with van der Waals surface area (Å²) in [5, 5.41) is 7.40. The zero-order chi connectivity index (χ0) is 9.84. The quantitative estimate of drug-likeness (QED) is 0.538. The number of nitrogens with two attached hydrogens (primary N) is 1. The van der Waals surface area contributed by atoms with E-state index < -0.39 is 0 Å². The van der Waals surface area contributed by atoms with E-state index in [9.17, 15) is 0 Å². The van der Waals surface area contributed by atoms with E-state index in [1.54, 1.807) is 0 Å². The zero-order valence-corrected chi connectivity index (χ0v) is 8.17. The lowest BCUT2D eigenvalue weighted by molar-refractivity contribution is 0.646. The molecule has 0 radical (unpaired) electrons. The van der Waals surface area contributed by atoms with Crippen LogP contribution in [-0.2, 0) is 6.42 Å². The highest BCUT2D eigenvalue weighted by Gasteiger charge is 2.05. The first-order chi connectivity index (χ1) is 6.11. The summed E-state index contributed by atoms with van der Waals surface area (Å²) in [7, 11) is 0. The summed E-state index contributed by atoms with van der Waals surface area (Å²) in [4.78, 5) is 0. The molecule has 1 rings (SSSR count). The number of hydrogen-bond donors (Lipinski definition) is 2. The number of benzene rings is 1. The summed E-state index contributed by atoms with van der Waals surface area (Å²) >= 11 is 0. The van der Waals surface area contributed by atoms with E-state index in [4.69, 9.17) is 11.1 Å². The second-order valence-electron chi connectivity index (χ2n) is 3.67. The molecule has 3 N–H and O–H groups in total. The van der Waals surface area contributed by atoms with Crippen LogP contribution in [-0.4, -0.2) is 5.84 Å². The Hall–Kier alpha value is -1.31. The van der Waals surface area contributed by atoms with Crippen LogP contribution in [0.15, 0.2) is 24.3 Å². The molecule has 0 bridgehead atoms. The van der Waals surface area contributed by atoms with E-state index in [1.165, 1.54) is 5.56 Å². The molecule has 0 unspecified atom stereocenters. The van der Waals surface area contributed by atoms with Crippen molar-refractivity contribution in [2.45, 2.75) is 20.3 Å². The molecule has 1 aromatic rings. The Bertz CT molecular complexity index is 303. The Morgan fingerprint density at radius 1 is 1.38 bits per heavy atom. The van der Waals surface area contributed by atoms with Crippen molar-refractivity contribution in [2.24, 2.45) is 11.7 Å². The van der Waals surface area contributed by atoms with Gasteiger partial charge >= 0.3 is 0 Å². The highest BCUT2D eigenvalue weighted by molar-refractivity contribution is 5.96. The molecule has 0 aromatic heterocycles. The standard InChI is InChI=1S/C11H16N2/c1-8(2)7-9-5-3-4-6-10(9)11(12)13/h3-6,8H,7H2,1-2H3,(H3,12,13). The molecule has 2 nitrogen and oxygen atoms in total. The third-order valence-electron chi connectivity index (χ3n) is 1.94. The van der Waals surface area contributed by atoms with Crippen molar-refractivity contribution in [1.82, 2.24) is 0 Å². The Kier molecular flexibility index (Phi) is 3.07. The molecule has 0 saturated carbocycles. The van der Waals surface area contributed by atoms with Gasteiger partial charge in [-0.05, 0) is 17.9 Å². The molecule has 0 fully saturated rings. The molecular weight excluding hydrogens is 160 g/mol. The minimum absolute atomic E-state index is 0.163. The molecule has 2 heteroatoms. The summed E-state index contributed by atoms with van der Waals surface area (Å²) in [6, 6.07) is 7.85. The Morgan fingerprint density at radius 2 is 2.00 bits per heavy atom. The largest absolute Gasteiger partial charge is 0.384 e. The van der Waals surface area contributed by atoms with E-state index in [2.05, 4.69) is 13.8 Å². The molecule has 0 amide bonds. The van der Waals surface area contributed by atoms with E-state index in [1.807, 2.05) is 24.3 Å². The van der Waals surface area contributed by atoms with E-state index in [-0.39, 0.29) is 5.84 Å². The summed E-state index contributed by atoms with van der Waals surface area (Å²) in [6.45, 7) is 4.33. The lowest BCUT2D eigenvalue weighted by Gasteiger charge is -2.09. The molecule has 0 spiro atoms. The highest BCUT2D eigenvalue weighted by atomic mass is 14.7. The Morgan fingerprint density at radius 3 is 2.54 bits per heavy atom. The topological polar surface area (TPSA) is 49.9 Å². The zero-order valence-electron chi connectivity index (χ0n) is 8.17. The van der Waals surface area contributed by atoms with Gasteiger partial charge in [0, 0.05) is 5.56 Å². The first-order valence-electron chi connectivity index (χ1n) is 4.53. The number of nitrogens with one attached hydrogen (secondary N) is 1. The van der Waals surface area contributed by atoms with Gasteiger partial charge in [0.2, 0.25) is 0 Å². The Labute approximate surface area is 79.3 Å². The van der Waals surface area contributed by atoms with Gasteiger partial charge in [0.1, 0.15) is 5.84 Å². The van der Waals surface area contributed by atoms with Gasteiger partial charge in [-0.25, -0.2) is 0 Å². The first kappa shape index (κ1) is 9.78. The number of hydrogen-bond acceptors (Lipinski definition) is 1. The van der Waals surface area contributed by atoms with Crippen LogP contribution in [0.25, 0.3) is 0 Å². The van der Waals surface area contributed by atoms with Crippen molar-refractivity contribution in [2.75, 3.05) is 0 Å². The van der Waals surface area contributed by atoms with Crippen LogP contribution in [0.3, 0.4) is 0 Å². The fourth-order valence-electron chi connectivity index (χ4n) is 1.40. The number of amidine groups is 1. The predicted molar refractivity (Wildman–Crippen MR) is 56.0 cm³/mol. The molecule has 0 atom stereocenters. The predicted octanol–water partition coefficient (Wildman–Crippen LogP) is 2.17. The normalized spacial score (nSPS) is 10.4. The average molecular weight is 176 g/mol. The van der Waals surface area contributed by atoms with Crippen molar-refractivity contribution in [3.63, 3.8) is 0 Å². The molecule has 1 aromatic carbocycles. The maximum atomic E-state index is 7.40. The maximum Gasteiger partial charge on any atom is 0.123 e. The molecule has 0 saturated heterocycles. The van der Waals surface area contributed by atoms with Crippen LogP contribution in [0.4, 0.5) is 0 Å². The second-order valence-corrected chi connectivity index (χ2v) is 3.67. The van der Waals surface area contributed by atoms with E-state index in [0.717, 1.165) is 12.0 Å². The molecule has 0 aliphatic rings. The molecule has 70 valence electrons. The fourth-order valence-corrected chi connectivity index (χ4v) is 1.40. The van der Waals surface area contributed by atoms with Crippen LogP contribution in [0.2, 0.25) is 0 Å². The van der Waals surface area contributed by atoms with Gasteiger partial charge in [-0.2, -0.15) is 0 Å². The summed E-state index contributed by atoms with van der Waals surface area (Å²) in [6.07, 6.45) is 0.982. The second kappa shape index (κ2) is 4.08. The Balaban J connectivity index is 2.98. The van der Waals surface area contributed by atoms with E-state index in [0.29, 0.717) is 5.92 Å². The van der Waals surface area contributed by atoms with Gasteiger partial charge < -0.3 is 5.73 Å². The van der Waals surface area contributed by atoms with Crippen molar-refractivity contribution >= 4 is 5.84 Å². The lowest BCUT2D eigenvalue weighted by Crippen LogP contribution is -2.14. The molecule has 0 aliphatic heterocycles. The van der Waals surface area contributed by atoms with Crippen molar-refractivity contribution in [3.8, 4) is 0 Å². The van der Waals surface area contributed by atoms with Gasteiger partial charge in [-0.3, -0.25) is 5.41 Å². The summed E-state index contributed by atoms with van der Waals surface area (Å²) in [5.41, 5.74) is 7.52. The smallest absolute Gasteiger partial charge is 0.123 e. The van der Waals surface area contributed by atoms with Crippen LogP contribution in [0, 0.1) is 11.3 Å². The monoisotopic (exact) mass is 176 g/mol. The van der Waals surface area contributed by atoms with Gasteiger partial charge in [0.05, 0.1) is 0 Å². The average Bonchev–Trinajstić information content (AvgIpc) is 2.03. The number of rotatable bonds is 3. The minimum atomic E-state index is 0.163. The van der Waals surface area contributed by atoms with Gasteiger partial charge in [0.25, 0.3) is 0 Å². The van der Waals surface area contributed by atoms with Crippen LogP contribution >= 0.6 is 0 Å². The van der Waals surface area contributed by atoms with Gasteiger partial charge in [-0.15, -0.1) is 0 Å². The van der Waals surface area contributed by atoms with Crippen molar-refractivity contribution in [3.05, 3.63) is 35.4 Å². The minimum Gasteiger partial charge on any atom is -0.384 e. The van der Waals surface area contributed by atoms with Gasteiger partial charge in [-0.1, -0.05) is 38.1 Å². The van der Waals surface area contributed by atoms with Crippen LogP contribution in [0.1, 0.15) is 25.0 Å². The molecule has 0 heterocycles. The highest BCUT2D eigenvalue weighted by Crippen LogP contribution is 2.12. The molecule has 13 heavy (non-hydrogen) atoms. The van der Waals surface area contributed by atoms with E-state index >= 15 is 0 Å². The van der Waals surface area contributed by atoms with Gasteiger partial charge in [0.15, 0.2) is 0 Å². The molecular formula is C11H16N2. The van der Waals surface area contributed by atoms with Crippen LogP contribution < -0.4 is 5.73 Å². The maximum absolute atomic E-state index is 7.40. The third kappa shape index (κ3) is 2.58. The summed E-state index contributed by atoms with van der Waals surface area (Å²) in [5.74, 6) is 0.761. The SMILES string of the molecule is CC(C)Cc1ccccc1C(=N)N. The first-order valence-corrected chi connectivity index (χ1v) is 4.53. The fraction of sp³-hybridized carbons (Fsp3) is 0.364. The molecule has 0 aliphatic carbocycles. The third-order valence-corrected chi connectivity index (χ3v) is 1.94.